The number of amides is 1. The third-order valence-electron chi connectivity index (χ3n) is 6.10. The van der Waals surface area contributed by atoms with E-state index >= 15 is 0 Å². The van der Waals surface area contributed by atoms with Gasteiger partial charge in [0.1, 0.15) is 17.3 Å². The molecule has 176 valence electrons. The number of carbonyl (C=O) groups is 2. The standard InChI is InChI=1S/C25H23F2N3O4/c1-13-20(24(32)29-23-16(26)8-5-9-17(23)27)21(14-6-4-7-15(10-14)30(33)34)22-18(28-13)11-25(2,3)12-19(22)31/h4-10,21,28H,11-12H2,1-3H3,(H,29,32). The van der Waals surface area contributed by atoms with E-state index in [1.165, 1.54) is 24.3 Å². The molecular formula is C25H23F2N3O4. The van der Waals surface area contributed by atoms with Gasteiger partial charge in [0.15, 0.2) is 5.78 Å². The molecule has 4 rings (SSSR count). The second-order valence-electron chi connectivity index (χ2n) is 9.33. The van der Waals surface area contributed by atoms with Gasteiger partial charge in [0.2, 0.25) is 0 Å². The molecule has 2 aromatic carbocycles. The summed E-state index contributed by atoms with van der Waals surface area (Å²) in [5.74, 6) is -3.83. The largest absolute Gasteiger partial charge is 0.362 e. The molecule has 0 spiro atoms. The van der Waals surface area contributed by atoms with Crippen LogP contribution in [0.15, 0.2) is 65.0 Å². The van der Waals surface area contributed by atoms with Gasteiger partial charge in [-0.1, -0.05) is 32.0 Å². The number of nitro groups is 1. The summed E-state index contributed by atoms with van der Waals surface area (Å²) in [5, 5.41) is 16.8. The third-order valence-corrected chi connectivity index (χ3v) is 6.10. The Hall–Kier alpha value is -3.88. The second-order valence-corrected chi connectivity index (χ2v) is 9.33. The van der Waals surface area contributed by atoms with Gasteiger partial charge in [-0.3, -0.25) is 19.7 Å². The first-order chi connectivity index (χ1) is 16.0. The molecule has 0 radical (unpaired) electrons. The molecule has 2 N–H and O–H groups in total. The molecule has 9 heteroatoms. The molecule has 0 fully saturated rings. The van der Waals surface area contributed by atoms with Crippen molar-refractivity contribution in [3.63, 3.8) is 0 Å². The molecule has 2 aliphatic rings. The number of nitrogens with one attached hydrogen (secondary N) is 2. The summed E-state index contributed by atoms with van der Waals surface area (Å²) in [7, 11) is 0. The molecule has 1 aliphatic carbocycles. The predicted octanol–water partition coefficient (Wildman–Crippen LogP) is 5.12. The fourth-order valence-corrected chi connectivity index (χ4v) is 4.69. The van der Waals surface area contributed by atoms with E-state index in [1.807, 2.05) is 13.8 Å². The summed E-state index contributed by atoms with van der Waals surface area (Å²) in [5.41, 5.74) is 0.695. The normalized spacial score (nSPS) is 19.4. The minimum atomic E-state index is -0.947. The third kappa shape index (κ3) is 4.21. The van der Waals surface area contributed by atoms with Gasteiger partial charge in [-0.2, -0.15) is 0 Å². The second kappa shape index (κ2) is 8.48. The Labute approximate surface area is 194 Å². The average Bonchev–Trinajstić information content (AvgIpc) is 2.74. The van der Waals surface area contributed by atoms with E-state index in [9.17, 15) is 28.5 Å². The van der Waals surface area contributed by atoms with E-state index < -0.39 is 34.1 Å². The zero-order chi connectivity index (χ0) is 24.8. The molecule has 7 nitrogen and oxygen atoms in total. The van der Waals surface area contributed by atoms with Gasteiger partial charge in [0.25, 0.3) is 11.6 Å². The Bertz CT molecular complexity index is 1280. The molecule has 0 saturated heterocycles. The number of Topliss-reactive ketones (excluding diaryl/α,β-unsaturated/α-hetero) is 1. The van der Waals surface area contributed by atoms with Crippen LogP contribution in [-0.2, 0) is 9.59 Å². The molecule has 1 amide bonds. The number of benzene rings is 2. The van der Waals surface area contributed by atoms with Crippen LogP contribution in [0.4, 0.5) is 20.2 Å². The van der Waals surface area contributed by atoms with E-state index in [0.29, 0.717) is 29.0 Å². The van der Waals surface area contributed by atoms with Gasteiger partial charge in [0, 0.05) is 47.0 Å². The highest BCUT2D eigenvalue weighted by Gasteiger charge is 2.43. The quantitative estimate of drug-likeness (QED) is 0.480. The molecule has 0 bridgehead atoms. The van der Waals surface area contributed by atoms with Gasteiger partial charge in [-0.05, 0) is 36.5 Å². The van der Waals surface area contributed by atoms with Crippen LogP contribution in [0.5, 0.6) is 0 Å². The summed E-state index contributed by atoms with van der Waals surface area (Å²) < 4.78 is 28.5. The van der Waals surface area contributed by atoms with Gasteiger partial charge in [-0.15, -0.1) is 0 Å². The SMILES string of the molecule is CC1=C(C(=O)Nc2c(F)cccc2F)C(c2cccc([N+](=O)[O-])c2)C2=C(CC(C)(C)CC2=O)N1. The maximum absolute atomic E-state index is 14.2. The van der Waals surface area contributed by atoms with Crippen molar-refractivity contribution in [2.75, 3.05) is 5.32 Å². The molecule has 1 atom stereocenters. The number of para-hydroxylation sites is 1. The monoisotopic (exact) mass is 467 g/mol. The zero-order valence-electron chi connectivity index (χ0n) is 18.9. The number of anilines is 1. The van der Waals surface area contributed by atoms with Crippen molar-refractivity contribution in [1.82, 2.24) is 5.32 Å². The fourth-order valence-electron chi connectivity index (χ4n) is 4.69. The highest BCUT2D eigenvalue weighted by molar-refractivity contribution is 6.10. The van der Waals surface area contributed by atoms with Crippen molar-refractivity contribution < 1.29 is 23.3 Å². The van der Waals surface area contributed by atoms with Crippen molar-refractivity contribution in [3.8, 4) is 0 Å². The molecule has 0 aromatic heterocycles. The van der Waals surface area contributed by atoms with E-state index in [0.717, 1.165) is 12.1 Å². The average molecular weight is 467 g/mol. The Morgan fingerprint density at radius 3 is 2.44 bits per heavy atom. The first kappa shape index (κ1) is 23.3. The Morgan fingerprint density at radius 1 is 1.15 bits per heavy atom. The number of ketones is 1. The number of non-ortho nitro benzene ring substituents is 1. The summed E-state index contributed by atoms with van der Waals surface area (Å²) in [6.45, 7) is 5.55. The lowest BCUT2D eigenvalue weighted by molar-refractivity contribution is -0.384. The number of hydrogen-bond acceptors (Lipinski definition) is 5. The maximum Gasteiger partial charge on any atom is 0.269 e. The van der Waals surface area contributed by atoms with E-state index in [-0.39, 0.29) is 28.9 Å². The Kier molecular flexibility index (Phi) is 5.80. The van der Waals surface area contributed by atoms with Crippen molar-refractivity contribution >= 4 is 23.1 Å². The van der Waals surface area contributed by atoms with Gasteiger partial charge in [0.05, 0.1) is 4.92 Å². The molecule has 1 aliphatic heterocycles. The van der Waals surface area contributed by atoms with Crippen LogP contribution in [-0.4, -0.2) is 16.6 Å². The van der Waals surface area contributed by atoms with Gasteiger partial charge in [-0.25, -0.2) is 8.78 Å². The zero-order valence-corrected chi connectivity index (χ0v) is 18.9. The van der Waals surface area contributed by atoms with Crippen LogP contribution < -0.4 is 10.6 Å². The number of carbonyl (C=O) groups excluding carboxylic acids is 2. The minimum Gasteiger partial charge on any atom is -0.362 e. The molecule has 0 saturated carbocycles. The van der Waals surface area contributed by atoms with E-state index in [2.05, 4.69) is 10.6 Å². The molecule has 1 unspecified atom stereocenters. The Balaban J connectivity index is 1.86. The number of rotatable bonds is 4. The number of nitro benzene ring substituents is 1. The number of allylic oxidation sites excluding steroid dienone is 3. The predicted molar refractivity (Wildman–Crippen MR) is 122 cm³/mol. The topological polar surface area (TPSA) is 101 Å². The van der Waals surface area contributed by atoms with Crippen LogP contribution in [0.25, 0.3) is 0 Å². The first-order valence-electron chi connectivity index (χ1n) is 10.7. The first-order valence-corrected chi connectivity index (χ1v) is 10.7. The molecule has 1 heterocycles. The highest BCUT2D eigenvalue weighted by Crippen LogP contribution is 2.47. The smallest absolute Gasteiger partial charge is 0.269 e. The van der Waals surface area contributed by atoms with Crippen molar-refractivity contribution in [1.29, 1.82) is 0 Å². The lowest BCUT2D eigenvalue weighted by Gasteiger charge is -2.39. The molecule has 34 heavy (non-hydrogen) atoms. The lowest BCUT2D eigenvalue weighted by Crippen LogP contribution is -2.39. The highest BCUT2D eigenvalue weighted by atomic mass is 19.1. The maximum atomic E-state index is 14.2. The van der Waals surface area contributed by atoms with Gasteiger partial charge >= 0.3 is 0 Å². The molecular weight excluding hydrogens is 444 g/mol. The number of halogens is 2. The van der Waals surface area contributed by atoms with E-state index in [4.69, 9.17) is 0 Å². The van der Waals surface area contributed by atoms with Crippen LogP contribution in [0.3, 0.4) is 0 Å². The van der Waals surface area contributed by atoms with Crippen LogP contribution >= 0.6 is 0 Å². The van der Waals surface area contributed by atoms with Crippen LogP contribution in [0, 0.1) is 27.2 Å². The number of dihydropyridines is 1. The minimum absolute atomic E-state index is 0.0648. The summed E-state index contributed by atoms with van der Waals surface area (Å²) in [6, 6.07) is 8.93. The fraction of sp³-hybridized carbons (Fsp3) is 0.280. The summed E-state index contributed by atoms with van der Waals surface area (Å²) >= 11 is 0. The van der Waals surface area contributed by atoms with E-state index in [1.54, 1.807) is 13.0 Å². The number of hydrogen-bond donors (Lipinski definition) is 2. The van der Waals surface area contributed by atoms with Crippen LogP contribution in [0.2, 0.25) is 0 Å². The van der Waals surface area contributed by atoms with Crippen molar-refractivity contribution in [2.45, 2.75) is 39.5 Å². The van der Waals surface area contributed by atoms with Gasteiger partial charge < -0.3 is 10.6 Å². The van der Waals surface area contributed by atoms with Crippen molar-refractivity contribution in [3.05, 3.63) is 92.3 Å². The summed E-state index contributed by atoms with van der Waals surface area (Å²) in [4.78, 5) is 37.5. The van der Waals surface area contributed by atoms with Crippen molar-refractivity contribution in [2.24, 2.45) is 5.41 Å². The number of nitrogens with zero attached hydrogens (tertiary/aromatic N) is 1. The summed E-state index contributed by atoms with van der Waals surface area (Å²) in [6.07, 6.45) is 0.766. The lowest BCUT2D eigenvalue weighted by atomic mass is 9.68. The van der Waals surface area contributed by atoms with Crippen LogP contribution in [0.1, 0.15) is 45.1 Å². The molecule has 2 aromatic rings. The Morgan fingerprint density at radius 2 is 1.79 bits per heavy atom.